The number of carbonyl (C=O) groups is 1. The van der Waals surface area contributed by atoms with Gasteiger partial charge < -0.3 is 10.1 Å². The van der Waals surface area contributed by atoms with Gasteiger partial charge in [-0.1, -0.05) is 18.2 Å². The number of benzene rings is 1. The van der Waals surface area contributed by atoms with Gasteiger partial charge in [-0.25, -0.2) is 4.79 Å². The molecule has 9 heteroatoms. The van der Waals surface area contributed by atoms with Crippen molar-refractivity contribution in [3.8, 4) is 0 Å². The third-order valence-corrected chi connectivity index (χ3v) is 3.38. The van der Waals surface area contributed by atoms with Crippen molar-refractivity contribution in [3.05, 3.63) is 35.4 Å². The normalized spacial score (nSPS) is 18.0. The number of cyclic esters (lactones) is 1. The highest BCUT2D eigenvalue weighted by atomic mass is 32.1. The average molecular weight is 345 g/mol. The molecule has 0 fully saturated rings. The van der Waals surface area contributed by atoms with E-state index in [1.165, 1.54) is 0 Å². The maximum atomic E-state index is 12.0. The van der Waals surface area contributed by atoms with Crippen LogP contribution in [0.15, 0.2) is 29.4 Å². The minimum absolute atomic E-state index is 0.260. The Kier molecular flexibility index (Phi) is 5.19. The molecule has 2 rings (SSSR count). The van der Waals surface area contributed by atoms with E-state index in [4.69, 9.17) is 17.0 Å². The number of nitrogens with one attached hydrogen (secondary N) is 2. The lowest BCUT2D eigenvalue weighted by molar-refractivity contribution is -0.122. The van der Waals surface area contributed by atoms with Gasteiger partial charge in [0.1, 0.15) is 12.6 Å². The number of nitrogens with zero attached hydrogens (tertiary/aromatic N) is 1. The smallest absolute Gasteiger partial charge is 0.405 e. The Morgan fingerprint density at radius 2 is 2.13 bits per heavy atom. The van der Waals surface area contributed by atoms with Gasteiger partial charge in [0.2, 0.25) is 0 Å². The number of thiocarbonyl (C=S) groups is 1. The van der Waals surface area contributed by atoms with E-state index in [9.17, 15) is 18.0 Å². The third-order valence-electron chi connectivity index (χ3n) is 3.14. The monoisotopic (exact) mass is 345 g/mol. The molecule has 5 nitrogen and oxygen atoms in total. The van der Waals surface area contributed by atoms with E-state index in [0.29, 0.717) is 17.7 Å². The minimum Gasteiger partial charge on any atom is -0.452 e. The van der Waals surface area contributed by atoms with Crippen LogP contribution in [0.3, 0.4) is 0 Å². The molecule has 124 valence electrons. The number of hydrogen-bond donors (Lipinski definition) is 2. The number of alkyl halides is 3. The number of ether oxygens (including phenoxy) is 1. The van der Waals surface area contributed by atoms with Crippen molar-refractivity contribution in [1.29, 1.82) is 0 Å². The second-order valence-corrected chi connectivity index (χ2v) is 5.33. The second kappa shape index (κ2) is 6.95. The molecule has 1 atom stereocenters. The predicted molar refractivity (Wildman–Crippen MR) is 82.2 cm³/mol. The molecular weight excluding hydrogens is 331 g/mol. The molecule has 0 radical (unpaired) electrons. The summed E-state index contributed by atoms with van der Waals surface area (Å²) in [6.45, 7) is 0.352. The van der Waals surface area contributed by atoms with E-state index in [0.717, 1.165) is 5.56 Å². The maximum absolute atomic E-state index is 12.0. The van der Waals surface area contributed by atoms with Gasteiger partial charge in [-0.3, -0.25) is 5.43 Å². The van der Waals surface area contributed by atoms with Crippen LogP contribution in [0.25, 0.3) is 0 Å². The number of halogens is 3. The quantitative estimate of drug-likeness (QED) is 0.380. The van der Waals surface area contributed by atoms with Crippen LogP contribution < -0.4 is 10.7 Å². The predicted octanol–water partition coefficient (Wildman–Crippen LogP) is 2.17. The van der Waals surface area contributed by atoms with Gasteiger partial charge in [0.15, 0.2) is 5.11 Å². The zero-order chi connectivity index (χ0) is 17.0. The molecule has 0 saturated heterocycles. The van der Waals surface area contributed by atoms with Gasteiger partial charge in [-0.05, 0) is 30.8 Å². The standard InChI is InChI=1S/C14H14F3N3O2S/c1-8(19-20-13(23)18-7-14(15,16)17)11-6-9-4-2-3-5-10(9)12(21)22-11/h2-5,11H,6-7H2,1H3,(H2,18,20,23). The molecule has 0 amide bonds. The summed E-state index contributed by atoms with van der Waals surface area (Å²) in [6, 6.07) is 7.05. The molecule has 0 bridgehead atoms. The highest BCUT2D eigenvalue weighted by Crippen LogP contribution is 2.21. The summed E-state index contributed by atoms with van der Waals surface area (Å²) in [5.74, 6) is -0.454. The molecule has 0 aromatic heterocycles. The number of hydrazone groups is 1. The lowest BCUT2D eigenvalue weighted by Gasteiger charge is -2.24. The fourth-order valence-corrected chi connectivity index (χ4v) is 2.11. The van der Waals surface area contributed by atoms with Crippen LogP contribution in [0.5, 0.6) is 0 Å². The minimum atomic E-state index is -4.37. The van der Waals surface area contributed by atoms with E-state index in [2.05, 4.69) is 10.5 Å². The Morgan fingerprint density at radius 1 is 1.43 bits per heavy atom. The number of esters is 1. The van der Waals surface area contributed by atoms with Crippen molar-refractivity contribution >= 4 is 29.0 Å². The fourth-order valence-electron chi connectivity index (χ4n) is 2.00. The second-order valence-electron chi connectivity index (χ2n) is 4.92. The molecule has 1 heterocycles. The van der Waals surface area contributed by atoms with Gasteiger partial charge in [-0.2, -0.15) is 18.3 Å². The molecule has 2 N–H and O–H groups in total. The Hall–Kier alpha value is -2.16. The van der Waals surface area contributed by atoms with Crippen LogP contribution in [0.1, 0.15) is 22.8 Å². The van der Waals surface area contributed by atoms with E-state index in [1.54, 1.807) is 19.1 Å². The van der Waals surface area contributed by atoms with Crippen LogP contribution in [-0.4, -0.2) is 35.6 Å². The molecule has 1 aliphatic heterocycles. The highest BCUT2D eigenvalue weighted by molar-refractivity contribution is 7.80. The largest absolute Gasteiger partial charge is 0.452 e. The van der Waals surface area contributed by atoms with E-state index in [-0.39, 0.29) is 5.11 Å². The highest BCUT2D eigenvalue weighted by Gasteiger charge is 2.28. The van der Waals surface area contributed by atoms with Crippen molar-refractivity contribution in [2.45, 2.75) is 25.6 Å². The third kappa shape index (κ3) is 4.92. The molecular formula is C14H14F3N3O2S. The molecule has 1 aliphatic rings. The molecule has 1 unspecified atom stereocenters. The van der Waals surface area contributed by atoms with Crippen molar-refractivity contribution in [2.75, 3.05) is 6.54 Å². The van der Waals surface area contributed by atoms with Gasteiger partial charge in [0.05, 0.1) is 11.3 Å². The number of fused-ring (bicyclic) bond motifs is 1. The molecule has 23 heavy (non-hydrogen) atoms. The van der Waals surface area contributed by atoms with Crippen molar-refractivity contribution in [3.63, 3.8) is 0 Å². The number of hydrogen-bond acceptors (Lipinski definition) is 4. The summed E-state index contributed by atoms with van der Waals surface area (Å²) in [4.78, 5) is 11.9. The van der Waals surface area contributed by atoms with Crippen molar-refractivity contribution in [1.82, 2.24) is 10.7 Å². The Labute approximate surface area is 135 Å². The first-order valence-corrected chi connectivity index (χ1v) is 7.11. The van der Waals surface area contributed by atoms with Gasteiger partial charge >= 0.3 is 12.1 Å². The molecule has 1 aromatic carbocycles. The molecule has 1 aromatic rings. The number of carbonyl (C=O) groups excluding carboxylic acids is 1. The summed E-state index contributed by atoms with van der Waals surface area (Å²) < 4.78 is 41.4. The molecule has 0 spiro atoms. The Bertz CT molecular complexity index is 646. The van der Waals surface area contributed by atoms with E-state index < -0.39 is 24.8 Å². The lowest BCUT2D eigenvalue weighted by atomic mass is 9.97. The number of rotatable bonds is 3. The van der Waals surface area contributed by atoms with Crippen molar-refractivity contribution < 1.29 is 22.7 Å². The van der Waals surface area contributed by atoms with Gasteiger partial charge in [0, 0.05) is 6.42 Å². The van der Waals surface area contributed by atoms with Crippen LogP contribution in [0, 0.1) is 0 Å². The zero-order valence-corrected chi connectivity index (χ0v) is 12.9. The first-order chi connectivity index (χ1) is 10.8. The Balaban J connectivity index is 1.95. The van der Waals surface area contributed by atoms with Gasteiger partial charge in [-0.15, -0.1) is 0 Å². The summed E-state index contributed by atoms with van der Waals surface area (Å²) in [6.07, 6.45) is -4.51. The Morgan fingerprint density at radius 3 is 2.83 bits per heavy atom. The van der Waals surface area contributed by atoms with E-state index in [1.807, 2.05) is 17.4 Å². The topological polar surface area (TPSA) is 62.7 Å². The van der Waals surface area contributed by atoms with Crippen LogP contribution in [-0.2, 0) is 11.2 Å². The molecule has 0 aliphatic carbocycles. The maximum Gasteiger partial charge on any atom is 0.405 e. The first kappa shape index (κ1) is 17.2. The lowest BCUT2D eigenvalue weighted by Crippen LogP contribution is -2.40. The SMILES string of the molecule is CC(=NNC(=S)NCC(F)(F)F)C1Cc2ccccc2C(=O)O1. The summed E-state index contributed by atoms with van der Waals surface area (Å²) in [5.41, 5.74) is 4.06. The summed E-state index contributed by atoms with van der Waals surface area (Å²) >= 11 is 4.69. The van der Waals surface area contributed by atoms with Crippen molar-refractivity contribution in [2.24, 2.45) is 5.10 Å². The summed E-state index contributed by atoms with van der Waals surface area (Å²) in [7, 11) is 0. The zero-order valence-electron chi connectivity index (χ0n) is 12.1. The van der Waals surface area contributed by atoms with Crippen LogP contribution in [0.4, 0.5) is 13.2 Å². The first-order valence-electron chi connectivity index (χ1n) is 6.70. The van der Waals surface area contributed by atoms with E-state index >= 15 is 0 Å². The molecule has 0 saturated carbocycles. The van der Waals surface area contributed by atoms with Crippen LogP contribution >= 0.6 is 12.2 Å². The van der Waals surface area contributed by atoms with Gasteiger partial charge in [0.25, 0.3) is 0 Å². The average Bonchev–Trinajstić information content (AvgIpc) is 2.50. The fraction of sp³-hybridized carbons (Fsp3) is 0.357. The van der Waals surface area contributed by atoms with Crippen LogP contribution in [0.2, 0.25) is 0 Å². The summed E-state index contributed by atoms with van der Waals surface area (Å²) in [5, 5.41) is 5.60.